The van der Waals surface area contributed by atoms with Crippen molar-refractivity contribution in [2.75, 3.05) is 26.2 Å². The van der Waals surface area contributed by atoms with E-state index in [1.54, 1.807) is 0 Å². The lowest BCUT2D eigenvalue weighted by atomic mass is 10.1. The molecule has 5 heteroatoms. The highest BCUT2D eigenvalue weighted by molar-refractivity contribution is 4.80. The molecule has 0 aromatic carbocycles. The molecule has 2 heterocycles. The van der Waals surface area contributed by atoms with Gasteiger partial charge >= 0.3 is 0 Å². The highest BCUT2D eigenvalue weighted by Gasteiger charge is 2.22. The molecule has 1 aliphatic rings. The number of nitrogens with zero attached hydrogens (tertiary/aromatic N) is 3. The summed E-state index contributed by atoms with van der Waals surface area (Å²) in [6.07, 6.45) is 3.97. The molecular formula is C11H20N4O. The fourth-order valence-electron chi connectivity index (χ4n) is 1.93. The molecule has 90 valence electrons. The summed E-state index contributed by atoms with van der Waals surface area (Å²) < 4.78 is 7.57. The SMILES string of the molecule is CC(N)C1CN(CCn2cccn2)CCO1. The molecule has 2 N–H and O–H groups in total. The van der Waals surface area contributed by atoms with Gasteiger partial charge in [-0.25, -0.2) is 0 Å². The van der Waals surface area contributed by atoms with Crippen LogP contribution in [-0.4, -0.2) is 53.1 Å². The summed E-state index contributed by atoms with van der Waals surface area (Å²) in [5.74, 6) is 0. The van der Waals surface area contributed by atoms with Gasteiger partial charge < -0.3 is 10.5 Å². The van der Waals surface area contributed by atoms with Gasteiger partial charge in [0.1, 0.15) is 0 Å². The maximum atomic E-state index is 5.85. The Kier molecular flexibility index (Phi) is 3.93. The minimum atomic E-state index is 0.104. The third-order valence-electron chi connectivity index (χ3n) is 2.97. The first kappa shape index (κ1) is 11.6. The number of nitrogens with two attached hydrogens (primary N) is 1. The van der Waals surface area contributed by atoms with Gasteiger partial charge in [0.2, 0.25) is 0 Å². The van der Waals surface area contributed by atoms with Gasteiger partial charge in [-0.05, 0) is 13.0 Å². The second-order valence-electron chi connectivity index (χ2n) is 4.34. The maximum absolute atomic E-state index is 5.85. The van der Waals surface area contributed by atoms with E-state index in [2.05, 4.69) is 10.00 Å². The van der Waals surface area contributed by atoms with Crippen LogP contribution >= 0.6 is 0 Å². The summed E-state index contributed by atoms with van der Waals surface area (Å²) in [5, 5.41) is 4.19. The van der Waals surface area contributed by atoms with Crippen LogP contribution in [0, 0.1) is 0 Å². The Labute approximate surface area is 96.2 Å². The molecule has 0 radical (unpaired) electrons. The maximum Gasteiger partial charge on any atom is 0.0850 e. The standard InChI is InChI=1S/C11H20N4O/c1-10(12)11-9-14(7-8-16-11)5-6-15-4-2-3-13-15/h2-4,10-11H,5-9,12H2,1H3. The number of aromatic nitrogens is 2. The van der Waals surface area contributed by atoms with E-state index < -0.39 is 0 Å². The van der Waals surface area contributed by atoms with Crippen LogP contribution in [0.25, 0.3) is 0 Å². The zero-order valence-corrected chi connectivity index (χ0v) is 9.75. The largest absolute Gasteiger partial charge is 0.374 e. The van der Waals surface area contributed by atoms with Gasteiger partial charge in [-0.1, -0.05) is 0 Å². The number of morpholine rings is 1. The van der Waals surface area contributed by atoms with Crippen molar-refractivity contribution in [3.8, 4) is 0 Å². The number of ether oxygens (including phenoxy) is 1. The van der Waals surface area contributed by atoms with Crippen molar-refractivity contribution in [1.82, 2.24) is 14.7 Å². The molecule has 0 saturated carbocycles. The van der Waals surface area contributed by atoms with Crippen LogP contribution in [0.1, 0.15) is 6.92 Å². The Morgan fingerprint density at radius 3 is 3.12 bits per heavy atom. The van der Waals surface area contributed by atoms with Crippen molar-refractivity contribution < 1.29 is 4.74 Å². The molecule has 1 aromatic heterocycles. The Bertz CT molecular complexity index is 299. The Balaban J connectivity index is 1.77. The van der Waals surface area contributed by atoms with E-state index in [0.29, 0.717) is 0 Å². The van der Waals surface area contributed by atoms with Crippen LogP contribution in [-0.2, 0) is 11.3 Å². The topological polar surface area (TPSA) is 56.3 Å². The Morgan fingerprint density at radius 1 is 1.56 bits per heavy atom. The molecule has 5 nitrogen and oxygen atoms in total. The van der Waals surface area contributed by atoms with E-state index in [-0.39, 0.29) is 12.1 Å². The van der Waals surface area contributed by atoms with Crippen molar-refractivity contribution in [3.05, 3.63) is 18.5 Å². The second kappa shape index (κ2) is 5.43. The Morgan fingerprint density at radius 2 is 2.44 bits per heavy atom. The summed E-state index contributed by atoms with van der Waals surface area (Å²) in [7, 11) is 0. The van der Waals surface area contributed by atoms with E-state index in [0.717, 1.165) is 32.8 Å². The lowest BCUT2D eigenvalue weighted by Gasteiger charge is -2.34. The summed E-state index contributed by atoms with van der Waals surface area (Å²) in [6, 6.07) is 2.05. The van der Waals surface area contributed by atoms with Crippen LogP contribution in [0.15, 0.2) is 18.5 Å². The molecule has 1 aliphatic heterocycles. The predicted molar refractivity (Wildman–Crippen MR) is 62.1 cm³/mol. The van der Waals surface area contributed by atoms with Crippen LogP contribution < -0.4 is 5.73 Å². The Hall–Kier alpha value is -0.910. The van der Waals surface area contributed by atoms with Gasteiger partial charge in [0, 0.05) is 38.1 Å². The van der Waals surface area contributed by atoms with Crippen molar-refractivity contribution in [2.24, 2.45) is 5.73 Å². The minimum absolute atomic E-state index is 0.104. The normalized spacial score (nSPS) is 24.5. The lowest BCUT2D eigenvalue weighted by Crippen LogP contribution is -2.50. The van der Waals surface area contributed by atoms with Gasteiger partial charge in [0.15, 0.2) is 0 Å². The molecule has 0 aliphatic carbocycles. The summed E-state index contributed by atoms with van der Waals surface area (Å²) in [6.45, 7) is 6.64. The fraction of sp³-hybridized carbons (Fsp3) is 0.727. The van der Waals surface area contributed by atoms with Crippen LogP contribution in [0.5, 0.6) is 0 Å². The average Bonchev–Trinajstić information content (AvgIpc) is 2.79. The van der Waals surface area contributed by atoms with Gasteiger partial charge in [-0.15, -0.1) is 0 Å². The molecule has 0 amide bonds. The number of rotatable bonds is 4. The zero-order valence-electron chi connectivity index (χ0n) is 9.75. The van der Waals surface area contributed by atoms with Crippen molar-refractivity contribution in [1.29, 1.82) is 0 Å². The molecule has 2 rings (SSSR count). The first-order valence-electron chi connectivity index (χ1n) is 5.82. The molecule has 2 atom stereocenters. The first-order chi connectivity index (χ1) is 7.75. The van der Waals surface area contributed by atoms with Gasteiger partial charge in [-0.2, -0.15) is 5.10 Å². The van der Waals surface area contributed by atoms with Crippen LogP contribution in [0.2, 0.25) is 0 Å². The minimum Gasteiger partial charge on any atom is -0.374 e. The molecular weight excluding hydrogens is 204 g/mol. The predicted octanol–water partition coefficient (Wildman–Crippen LogP) is -0.0689. The smallest absolute Gasteiger partial charge is 0.0850 e. The molecule has 1 aromatic rings. The van der Waals surface area contributed by atoms with E-state index >= 15 is 0 Å². The summed E-state index contributed by atoms with van der Waals surface area (Å²) >= 11 is 0. The van der Waals surface area contributed by atoms with E-state index in [1.807, 2.05) is 30.1 Å². The molecule has 0 spiro atoms. The monoisotopic (exact) mass is 224 g/mol. The third-order valence-corrected chi connectivity index (χ3v) is 2.97. The zero-order chi connectivity index (χ0) is 11.4. The fourth-order valence-corrected chi connectivity index (χ4v) is 1.93. The van der Waals surface area contributed by atoms with E-state index in [4.69, 9.17) is 10.5 Å². The van der Waals surface area contributed by atoms with Gasteiger partial charge in [-0.3, -0.25) is 9.58 Å². The molecule has 1 fully saturated rings. The third kappa shape index (κ3) is 3.04. The first-order valence-corrected chi connectivity index (χ1v) is 5.82. The van der Waals surface area contributed by atoms with Crippen LogP contribution in [0.3, 0.4) is 0 Å². The lowest BCUT2D eigenvalue weighted by molar-refractivity contribution is -0.0386. The molecule has 16 heavy (non-hydrogen) atoms. The molecule has 1 saturated heterocycles. The molecule has 0 bridgehead atoms. The summed E-state index contributed by atoms with van der Waals surface area (Å²) in [5.41, 5.74) is 5.85. The van der Waals surface area contributed by atoms with Crippen LogP contribution in [0.4, 0.5) is 0 Å². The quantitative estimate of drug-likeness (QED) is 0.778. The van der Waals surface area contributed by atoms with Crippen molar-refractivity contribution in [3.63, 3.8) is 0 Å². The highest BCUT2D eigenvalue weighted by Crippen LogP contribution is 2.07. The van der Waals surface area contributed by atoms with Crippen molar-refractivity contribution >= 4 is 0 Å². The van der Waals surface area contributed by atoms with E-state index in [1.165, 1.54) is 0 Å². The number of hydrogen-bond donors (Lipinski definition) is 1. The summed E-state index contributed by atoms with van der Waals surface area (Å²) in [4.78, 5) is 2.39. The van der Waals surface area contributed by atoms with Crippen molar-refractivity contribution in [2.45, 2.75) is 25.6 Å². The van der Waals surface area contributed by atoms with Gasteiger partial charge in [0.25, 0.3) is 0 Å². The number of hydrogen-bond acceptors (Lipinski definition) is 4. The van der Waals surface area contributed by atoms with Gasteiger partial charge in [0.05, 0.1) is 19.3 Å². The highest BCUT2D eigenvalue weighted by atomic mass is 16.5. The second-order valence-corrected chi connectivity index (χ2v) is 4.34. The van der Waals surface area contributed by atoms with E-state index in [9.17, 15) is 0 Å². The molecule has 2 unspecified atom stereocenters. The average molecular weight is 224 g/mol.